The summed E-state index contributed by atoms with van der Waals surface area (Å²) in [5.74, 6) is 0.922. The van der Waals surface area contributed by atoms with Crippen molar-refractivity contribution in [2.75, 3.05) is 26.2 Å². The van der Waals surface area contributed by atoms with Crippen LogP contribution in [0.2, 0.25) is 0 Å². The smallest absolute Gasteiger partial charge is 0.197 e. The average Bonchev–Trinajstić information content (AvgIpc) is 2.99. The molecule has 2 aromatic carbocycles. The van der Waals surface area contributed by atoms with E-state index in [2.05, 4.69) is 28.0 Å². The molecule has 0 amide bonds. The summed E-state index contributed by atoms with van der Waals surface area (Å²) in [5.41, 5.74) is 3.73. The quantitative estimate of drug-likeness (QED) is 0.700. The number of aliphatic hydroxyl groups excluding tert-OH is 1. The lowest BCUT2D eigenvalue weighted by Crippen LogP contribution is -2.35. The summed E-state index contributed by atoms with van der Waals surface area (Å²) in [5, 5.41) is 10.4. The molecular weight excluding hydrogens is 392 g/mol. The van der Waals surface area contributed by atoms with Crippen LogP contribution >= 0.6 is 0 Å². The van der Waals surface area contributed by atoms with Gasteiger partial charge in [-0.25, -0.2) is 0 Å². The van der Waals surface area contributed by atoms with Crippen molar-refractivity contribution in [1.82, 2.24) is 9.80 Å². The minimum atomic E-state index is -0.155. The Morgan fingerprint density at radius 2 is 1.84 bits per heavy atom. The summed E-state index contributed by atoms with van der Waals surface area (Å²) >= 11 is 0. The van der Waals surface area contributed by atoms with E-state index in [0.29, 0.717) is 29.7 Å². The molecule has 5 rings (SSSR count). The summed E-state index contributed by atoms with van der Waals surface area (Å²) in [6.07, 6.45) is 3.13. The van der Waals surface area contributed by atoms with Crippen molar-refractivity contribution in [2.24, 2.45) is 0 Å². The normalized spacial score (nSPS) is 18.5. The van der Waals surface area contributed by atoms with Gasteiger partial charge in [-0.2, -0.15) is 0 Å². The highest BCUT2D eigenvalue weighted by Crippen LogP contribution is 2.26. The molecule has 3 heterocycles. The number of para-hydroxylation sites is 1. The topological polar surface area (TPSA) is 66.2 Å². The molecule has 162 valence electrons. The SMILES string of the molecule is O=c1c(CN2CCOc3ccc(CN4CCC(O)CC4)cc3C2)coc2ccccc12. The molecular formula is C25H28N2O4. The molecule has 0 bridgehead atoms. The molecule has 6 nitrogen and oxygen atoms in total. The average molecular weight is 421 g/mol. The van der Waals surface area contributed by atoms with E-state index in [1.807, 2.05) is 24.3 Å². The van der Waals surface area contributed by atoms with Gasteiger partial charge in [0.05, 0.1) is 17.8 Å². The Hall–Kier alpha value is -2.67. The highest BCUT2D eigenvalue weighted by molar-refractivity contribution is 5.76. The van der Waals surface area contributed by atoms with E-state index in [4.69, 9.17) is 9.15 Å². The van der Waals surface area contributed by atoms with Gasteiger partial charge in [0, 0.05) is 50.4 Å². The summed E-state index contributed by atoms with van der Waals surface area (Å²) in [6.45, 7) is 5.35. The van der Waals surface area contributed by atoms with Crippen molar-refractivity contribution < 1.29 is 14.3 Å². The number of likely N-dealkylation sites (tertiary alicyclic amines) is 1. The van der Waals surface area contributed by atoms with Gasteiger partial charge < -0.3 is 14.3 Å². The van der Waals surface area contributed by atoms with Crippen molar-refractivity contribution in [3.05, 3.63) is 75.6 Å². The molecule has 1 N–H and O–H groups in total. The number of aliphatic hydroxyl groups is 1. The third kappa shape index (κ3) is 4.51. The van der Waals surface area contributed by atoms with Crippen LogP contribution in [0.15, 0.2) is 57.9 Å². The van der Waals surface area contributed by atoms with Gasteiger partial charge in [-0.3, -0.25) is 14.6 Å². The highest BCUT2D eigenvalue weighted by atomic mass is 16.5. The molecule has 3 aromatic rings. The van der Waals surface area contributed by atoms with Crippen LogP contribution in [0, 0.1) is 0 Å². The van der Waals surface area contributed by atoms with Crippen LogP contribution in [-0.2, 0) is 19.6 Å². The van der Waals surface area contributed by atoms with E-state index < -0.39 is 0 Å². The lowest BCUT2D eigenvalue weighted by atomic mass is 10.0. The molecule has 1 aromatic heterocycles. The van der Waals surface area contributed by atoms with Gasteiger partial charge in [0.2, 0.25) is 0 Å². The lowest BCUT2D eigenvalue weighted by Gasteiger charge is -2.29. The lowest BCUT2D eigenvalue weighted by molar-refractivity contribution is 0.0792. The van der Waals surface area contributed by atoms with Crippen LogP contribution < -0.4 is 10.2 Å². The predicted molar refractivity (Wildman–Crippen MR) is 119 cm³/mol. The first kappa shape index (κ1) is 20.2. The number of benzene rings is 2. The third-order valence-electron chi connectivity index (χ3n) is 6.29. The van der Waals surface area contributed by atoms with Crippen LogP contribution in [0.4, 0.5) is 0 Å². The maximum absolute atomic E-state index is 12.9. The molecule has 0 atom stereocenters. The minimum Gasteiger partial charge on any atom is -0.492 e. The van der Waals surface area contributed by atoms with E-state index in [1.165, 1.54) is 5.56 Å². The summed E-state index contributed by atoms with van der Waals surface area (Å²) < 4.78 is 11.7. The second-order valence-electron chi connectivity index (χ2n) is 8.59. The first-order valence-electron chi connectivity index (χ1n) is 11.0. The van der Waals surface area contributed by atoms with E-state index in [0.717, 1.165) is 56.9 Å². The van der Waals surface area contributed by atoms with E-state index in [9.17, 15) is 9.90 Å². The van der Waals surface area contributed by atoms with E-state index in [-0.39, 0.29) is 11.5 Å². The van der Waals surface area contributed by atoms with Gasteiger partial charge >= 0.3 is 0 Å². The van der Waals surface area contributed by atoms with Gasteiger partial charge in [0.15, 0.2) is 5.43 Å². The fourth-order valence-corrected chi connectivity index (χ4v) is 4.54. The third-order valence-corrected chi connectivity index (χ3v) is 6.29. The molecule has 0 aliphatic carbocycles. The van der Waals surface area contributed by atoms with Crippen molar-refractivity contribution in [2.45, 2.75) is 38.6 Å². The van der Waals surface area contributed by atoms with Crippen LogP contribution in [0.25, 0.3) is 11.0 Å². The maximum Gasteiger partial charge on any atom is 0.197 e. The predicted octanol–water partition coefficient (Wildman–Crippen LogP) is 3.14. The Bertz CT molecular complexity index is 1120. The highest BCUT2D eigenvalue weighted by Gasteiger charge is 2.20. The summed E-state index contributed by atoms with van der Waals surface area (Å²) in [7, 11) is 0. The van der Waals surface area contributed by atoms with Crippen molar-refractivity contribution >= 4 is 11.0 Å². The Labute approximate surface area is 181 Å². The number of nitrogens with zero attached hydrogens (tertiary/aromatic N) is 2. The molecule has 0 unspecified atom stereocenters. The molecule has 6 heteroatoms. The van der Waals surface area contributed by atoms with Crippen molar-refractivity contribution in [3.63, 3.8) is 0 Å². The Kier molecular flexibility index (Phi) is 5.76. The maximum atomic E-state index is 12.9. The number of rotatable bonds is 4. The Morgan fingerprint density at radius 1 is 1.00 bits per heavy atom. The number of fused-ring (bicyclic) bond motifs is 2. The summed E-state index contributed by atoms with van der Waals surface area (Å²) in [6, 6.07) is 13.8. The second-order valence-corrected chi connectivity index (χ2v) is 8.59. The van der Waals surface area contributed by atoms with Gasteiger partial charge in [-0.05, 0) is 42.7 Å². The molecule has 31 heavy (non-hydrogen) atoms. The fourth-order valence-electron chi connectivity index (χ4n) is 4.54. The first-order valence-corrected chi connectivity index (χ1v) is 11.0. The monoisotopic (exact) mass is 420 g/mol. The molecule has 0 spiro atoms. The van der Waals surface area contributed by atoms with Crippen LogP contribution in [0.5, 0.6) is 5.75 Å². The zero-order valence-corrected chi connectivity index (χ0v) is 17.6. The first-order chi connectivity index (χ1) is 15.2. The van der Waals surface area contributed by atoms with Crippen molar-refractivity contribution in [3.8, 4) is 5.75 Å². The molecule has 1 saturated heterocycles. The molecule has 2 aliphatic heterocycles. The number of piperidine rings is 1. The number of hydrogen-bond acceptors (Lipinski definition) is 6. The zero-order valence-electron chi connectivity index (χ0n) is 17.6. The summed E-state index contributed by atoms with van der Waals surface area (Å²) in [4.78, 5) is 17.5. The Balaban J connectivity index is 1.32. The Morgan fingerprint density at radius 3 is 2.71 bits per heavy atom. The minimum absolute atomic E-state index is 0.0354. The van der Waals surface area contributed by atoms with Crippen molar-refractivity contribution in [1.29, 1.82) is 0 Å². The van der Waals surface area contributed by atoms with E-state index in [1.54, 1.807) is 6.26 Å². The molecule has 2 aliphatic rings. The van der Waals surface area contributed by atoms with Crippen LogP contribution in [0.1, 0.15) is 29.5 Å². The van der Waals surface area contributed by atoms with Gasteiger partial charge in [-0.1, -0.05) is 18.2 Å². The van der Waals surface area contributed by atoms with Gasteiger partial charge in [0.25, 0.3) is 0 Å². The van der Waals surface area contributed by atoms with Gasteiger partial charge in [0.1, 0.15) is 17.9 Å². The standard InChI is InChI=1S/C25H28N2O4/c28-21-7-9-26(10-8-21)14-18-5-6-23-19(13-18)15-27(11-12-30-23)16-20-17-31-24-4-2-1-3-22(24)25(20)29/h1-6,13,17,21,28H,7-12,14-16H2. The number of ether oxygens (including phenoxy) is 1. The van der Waals surface area contributed by atoms with Gasteiger partial charge in [-0.15, -0.1) is 0 Å². The largest absolute Gasteiger partial charge is 0.492 e. The number of hydrogen-bond donors (Lipinski definition) is 1. The molecule has 0 radical (unpaired) electrons. The van der Waals surface area contributed by atoms with E-state index >= 15 is 0 Å². The fraction of sp³-hybridized carbons (Fsp3) is 0.400. The molecule has 0 saturated carbocycles. The van der Waals surface area contributed by atoms with Crippen LogP contribution in [-0.4, -0.2) is 47.3 Å². The molecule has 1 fully saturated rings. The second kappa shape index (κ2) is 8.83. The van der Waals surface area contributed by atoms with Crippen LogP contribution in [0.3, 0.4) is 0 Å². The zero-order chi connectivity index (χ0) is 21.2.